The van der Waals surface area contributed by atoms with Crippen LogP contribution >= 0.6 is 0 Å². The molecule has 0 saturated carbocycles. The molecular weight excluding hydrogens is 344 g/mol. The van der Waals surface area contributed by atoms with Crippen LogP contribution in [-0.2, 0) is 29.0 Å². The van der Waals surface area contributed by atoms with Gasteiger partial charge in [-0.2, -0.15) is 0 Å². The zero-order valence-electron chi connectivity index (χ0n) is 14.8. The number of aryl methyl sites for hydroxylation is 1. The number of nitrogens with zero attached hydrogens (tertiary/aromatic N) is 2. The smallest absolute Gasteiger partial charge is 0.310 e. The average molecular weight is 362 g/mol. The van der Waals surface area contributed by atoms with E-state index in [1.54, 1.807) is 6.26 Å². The molecule has 4 aromatic rings. The Labute approximate surface area is 155 Å². The largest absolute Gasteiger partial charge is 0.464 e. The van der Waals surface area contributed by atoms with Crippen LogP contribution in [0.5, 0.6) is 0 Å². The van der Waals surface area contributed by atoms with Crippen LogP contribution in [0.25, 0.3) is 22.4 Å². The van der Waals surface area contributed by atoms with Gasteiger partial charge in [-0.15, -0.1) is 10.2 Å². The molecule has 0 aliphatic carbocycles. The van der Waals surface area contributed by atoms with Crippen molar-refractivity contribution in [2.24, 2.45) is 0 Å². The Balaban J connectivity index is 1.38. The summed E-state index contributed by atoms with van der Waals surface area (Å²) in [6.07, 6.45) is 2.66. The van der Waals surface area contributed by atoms with Crippen molar-refractivity contribution >= 4 is 16.9 Å². The van der Waals surface area contributed by atoms with E-state index in [2.05, 4.69) is 17.1 Å². The standard InChI is InChI=1S/C21H18N2O4/c1-2-14-8-9-17-16(12-25-18(17)10-14)11-20(24)26-13-19-22-23-21(27-19)15-6-4-3-5-7-15/h3-10,12H,2,11,13H2,1H3. The monoisotopic (exact) mass is 362 g/mol. The first kappa shape index (κ1) is 17.0. The van der Waals surface area contributed by atoms with Gasteiger partial charge in [-0.05, 0) is 30.2 Å². The minimum atomic E-state index is -0.378. The molecule has 0 atom stereocenters. The van der Waals surface area contributed by atoms with E-state index in [1.807, 2.05) is 48.5 Å². The fourth-order valence-corrected chi connectivity index (χ4v) is 2.84. The maximum Gasteiger partial charge on any atom is 0.310 e. The second-order valence-corrected chi connectivity index (χ2v) is 6.15. The van der Waals surface area contributed by atoms with Gasteiger partial charge in [0.1, 0.15) is 5.58 Å². The normalized spacial score (nSPS) is 11.0. The maximum atomic E-state index is 12.2. The van der Waals surface area contributed by atoms with Crippen molar-refractivity contribution in [1.29, 1.82) is 0 Å². The Bertz CT molecular complexity index is 1070. The molecule has 2 aromatic heterocycles. The van der Waals surface area contributed by atoms with Crippen molar-refractivity contribution in [1.82, 2.24) is 10.2 Å². The van der Waals surface area contributed by atoms with Crippen molar-refractivity contribution in [2.75, 3.05) is 0 Å². The third-order valence-corrected chi connectivity index (χ3v) is 4.31. The lowest BCUT2D eigenvalue weighted by Crippen LogP contribution is -2.07. The van der Waals surface area contributed by atoms with E-state index in [0.29, 0.717) is 5.89 Å². The number of hydrogen-bond donors (Lipinski definition) is 0. The van der Waals surface area contributed by atoms with Gasteiger partial charge < -0.3 is 13.6 Å². The van der Waals surface area contributed by atoms with Crippen LogP contribution in [0.2, 0.25) is 0 Å². The van der Waals surface area contributed by atoms with E-state index >= 15 is 0 Å². The fraction of sp³-hybridized carbons (Fsp3) is 0.190. The SMILES string of the molecule is CCc1ccc2c(CC(=O)OCc3nnc(-c4ccccc4)o3)coc2c1. The van der Waals surface area contributed by atoms with Gasteiger partial charge in [0.25, 0.3) is 5.89 Å². The van der Waals surface area contributed by atoms with Crippen molar-refractivity contribution in [3.05, 3.63) is 71.8 Å². The first-order chi connectivity index (χ1) is 13.2. The highest BCUT2D eigenvalue weighted by Crippen LogP contribution is 2.23. The van der Waals surface area contributed by atoms with Crippen LogP contribution in [0, 0.1) is 0 Å². The van der Waals surface area contributed by atoms with Crippen molar-refractivity contribution in [3.63, 3.8) is 0 Å². The lowest BCUT2D eigenvalue weighted by atomic mass is 10.1. The summed E-state index contributed by atoms with van der Waals surface area (Å²) in [6.45, 7) is 2.03. The van der Waals surface area contributed by atoms with Crippen LogP contribution in [0.3, 0.4) is 0 Å². The Morgan fingerprint density at radius 3 is 2.78 bits per heavy atom. The molecule has 6 heteroatoms. The number of aromatic nitrogens is 2. The summed E-state index contributed by atoms with van der Waals surface area (Å²) in [5.41, 5.74) is 3.59. The van der Waals surface area contributed by atoms with Gasteiger partial charge in [0.2, 0.25) is 5.89 Å². The third-order valence-electron chi connectivity index (χ3n) is 4.31. The number of carbonyl (C=O) groups is 1. The average Bonchev–Trinajstić information content (AvgIpc) is 3.34. The zero-order valence-corrected chi connectivity index (χ0v) is 14.8. The number of fused-ring (bicyclic) bond motifs is 1. The fourth-order valence-electron chi connectivity index (χ4n) is 2.84. The molecule has 0 amide bonds. The molecule has 0 spiro atoms. The number of benzene rings is 2. The molecular formula is C21H18N2O4. The van der Waals surface area contributed by atoms with Gasteiger partial charge in [-0.25, -0.2) is 0 Å². The molecule has 4 rings (SSSR count). The molecule has 6 nitrogen and oxygen atoms in total. The summed E-state index contributed by atoms with van der Waals surface area (Å²) in [5.74, 6) is 0.276. The van der Waals surface area contributed by atoms with Gasteiger partial charge in [0.05, 0.1) is 12.7 Å². The molecule has 136 valence electrons. The van der Waals surface area contributed by atoms with Crippen molar-refractivity contribution in [3.8, 4) is 11.5 Å². The first-order valence-electron chi connectivity index (χ1n) is 8.75. The lowest BCUT2D eigenvalue weighted by molar-refractivity contribution is -0.144. The second-order valence-electron chi connectivity index (χ2n) is 6.15. The van der Waals surface area contributed by atoms with E-state index in [4.69, 9.17) is 13.6 Å². The molecule has 0 aliphatic rings. The highest BCUT2D eigenvalue weighted by atomic mass is 16.5. The molecule has 0 radical (unpaired) electrons. The van der Waals surface area contributed by atoms with E-state index in [0.717, 1.165) is 28.5 Å². The summed E-state index contributed by atoms with van der Waals surface area (Å²) < 4.78 is 16.4. The number of furan rings is 1. The van der Waals surface area contributed by atoms with Crippen LogP contribution in [-0.4, -0.2) is 16.2 Å². The predicted octanol–water partition coefficient (Wildman–Crippen LogP) is 4.33. The minimum Gasteiger partial charge on any atom is -0.464 e. The van der Waals surface area contributed by atoms with Crippen LogP contribution in [0.4, 0.5) is 0 Å². The Morgan fingerprint density at radius 2 is 1.96 bits per heavy atom. The lowest BCUT2D eigenvalue weighted by Gasteiger charge is -2.01. The summed E-state index contributed by atoms with van der Waals surface area (Å²) in [5, 5.41) is 8.82. The summed E-state index contributed by atoms with van der Waals surface area (Å²) >= 11 is 0. The minimum absolute atomic E-state index is 0.0611. The van der Waals surface area contributed by atoms with Gasteiger partial charge in [0.15, 0.2) is 6.61 Å². The van der Waals surface area contributed by atoms with Gasteiger partial charge in [-0.1, -0.05) is 37.3 Å². The molecule has 0 N–H and O–H groups in total. The molecule has 2 aromatic carbocycles. The number of rotatable bonds is 6. The van der Waals surface area contributed by atoms with E-state index in [9.17, 15) is 4.79 Å². The van der Waals surface area contributed by atoms with E-state index < -0.39 is 0 Å². The summed E-state index contributed by atoms with van der Waals surface area (Å²) in [6, 6.07) is 15.4. The highest BCUT2D eigenvalue weighted by Gasteiger charge is 2.14. The molecule has 0 unspecified atom stereocenters. The topological polar surface area (TPSA) is 78.4 Å². The molecule has 2 heterocycles. The number of esters is 1. The predicted molar refractivity (Wildman–Crippen MR) is 98.8 cm³/mol. The van der Waals surface area contributed by atoms with Gasteiger partial charge in [0, 0.05) is 16.5 Å². The number of carbonyl (C=O) groups excluding carboxylic acids is 1. The highest BCUT2D eigenvalue weighted by molar-refractivity contribution is 5.86. The Morgan fingerprint density at radius 1 is 1.11 bits per heavy atom. The maximum absolute atomic E-state index is 12.2. The molecule has 0 bridgehead atoms. The second kappa shape index (κ2) is 7.45. The van der Waals surface area contributed by atoms with Crippen LogP contribution in [0.1, 0.15) is 23.9 Å². The summed E-state index contributed by atoms with van der Waals surface area (Å²) in [7, 11) is 0. The number of ether oxygens (including phenoxy) is 1. The van der Waals surface area contributed by atoms with Gasteiger partial charge >= 0.3 is 5.97 Å². The Kier molecular flexibility index (Phi) is 4.70. The summed E-state index contributed by atoms with van der Waals surface area (Å²) in [4.78, 5) is 12.2. The Hall–Kier alpha value is -3.41. The zero-order chi connectivity index (χ0) is 18.6. The molecule has 27 heavy (non-hydrogen) atoms. The van der Waals surface area contributed by atoms with Crippen LogP contribution < -0.4 is 0 Å². The number of hydrogen-bond acceptors (Lipinski definition) is 6. The van der Waals surface area contributed by atoms with Crippen LogP contribution in [0.15, 0.2) is 63.6 Å². The molecule has 0 aliphatic heterocycles. The third kappa shape index (κ3) is 3.74. The van der Waals surface area contributed by atoms with E-state index in [1.165, 1.54) is 5.56 Å². The van der Waals surface area contributed by atoms with Gasteiger partial charge in [-0.3, -0.25) is 4.79 Å². The molecule has 0 saturated heterocycles. The first-order valence-corrected chi connectivity index (χ1v) is 8.75. The van der Waals surface area contributed by atoms with E-state index in [-0.39, 0.29) is 24.9 Å². The van der Waals surface area contributed by atoms with Crippen molar-refractivity contribution in [2.45, 2.75) is 26.4 Å². The van der Waals surface area contributed by atoms with Crippen molar-refractivity contribution < 1.29 is 18.4 Å². The quantitative estimate of drug-likeness (QED) is 0.475. The molecule has 0 fully saturated rings.